The summed E-state index contributed by atoms with van der Waals surface area (Å²) < 4.78 is 0. The van der Waals surface area contributed by atoms with E-state index in [9.17, 15) is 4.79 Å². The van der Waals surface area contributed by atoms with Gasteiger partial charge in [-0.15, -0.1) is 0 Å². The maximum Gasteiger partial charge on any atom is 0.323 e. The van der Waals surface area contributed by atoms with Crippen LogP contribution >= 0.6 is 0 Å². The van der Waals surface area contributed by atoms with Crippen LogP contribution in [0.4, 0.5) is 0 Å². The average molecular weight is 192 g/mol. The quantitative estimate of drug-likeness (QED) is 0.692. The Bertz CT molecular complexity index is 386. The van der Waals surface area contributed by atoms with Crippen molar-refractivity contribution in [3.8, 4) is 0 Å². The predicted octanol–water partition coefficient (Wildman–Crippen LogP) is 1.99. The second-order valence-electron chi connectivity index (χ2n) is 4.17. The molecule has 1 heterocycles. The summed E-state index contributed by atoms with van der Waals surface area (Å²) in [5, 5.41) is 0. The molecular weight excluding hydrogens is 176 g/mol. The first kappa shape index (κ1) is 9.31. The minimum atomic E-state index is -0.0944. The fourth-order valence-corrected chi connectivity index (χ4v) is 2.17. The van der Waals surface area contributed by atoms with Gasteiger partial charge in [-0.3, -0.25) is 0 Å². The summed E-state index contributed by atoms with van der Waals surface area (Å²) in [4.78, 5) is 16.3. The lowest BCUT2D eigenvalue weighted by Crippen LogP contribution is -2.10. The maximum atomic E-state index is 10.9. The van der Waals surface area contributed by atoms with E-state index in [-0.39, 0.29) is 5.69 Å². The lowest BCUT2D eigenvalue weighted by Gasteiger charge is -2.19. The first-order valence-corrected chi connectivity index (χ1v) is 5.16. The van der Waals surface area contributed by atoms with Crippen molar-refractivity contribution in [3.63, 3.8) is 0 Å². The van der Waals surface area contributed by atoms with E-state index in [1.165, 1.54) is 24.8 Å². The molecule has 0 spiro atoms. The molecule has 2 rings (SSSR count). The SMILES string of the molecule is CC1=CCCC(Cc2c[nH]c(=O)[nH]2)C1. The topological polar surface area (TPSA) is 48.6 Å². The number of hydrogen-bond acceptors (Lipinski definition) is 1. The van der Waals surface area contributed by atoms with Gasteiger partial charge in [-0.25, -0.2) is 4.79 Å². The highest BCUT2D eigenvalue weighted by molar-refractivity contribution is 5.06. The fraction of sp³-hybridized carbons (Fsp3) is 0.545. The maximum absolute atomic E-state index is 10.9. The van der Waals surface area contributed by atoms with E-state index < -0.39 is 0 Å². The van der Waals surface area contributed by atoms with Gasteiger partial charge >= 0.3 is 5.69 Å². The molecule has 14 heavy (non-hydrogen) atoms. The van der Waals surface area contributed by atoms with Gasteiger partial charge in [-0.2, -0.15) is 0 Å². The molecular formula is C11H16N2O. The molecule has 3 heteroatoms. The van der Waals surface area contributed by atoms with Gasteiger partial charge in [0.05, 0.1) is 0 Å². The summed E-state index contributed by atoms with van der Waals surface area (Å²) in [6, 6.07) is 0. The minimum absolute atomic E-state index is 0.0944. The molecule has 0 saturated carbocycles. The van der Waals surface area contributed by atoms with Crippen LogP contribution in [0, 0.1) is 5.92 Å². The minimum Gasteiger partial charge on any atom is -0.313 e. The lowest BCUT2D eigenvalue weighted by molar-refractivity contribution is 0.459. The average Bonchev–Trinajstić information content (AvgIpc) is 2.51. The molecule has 0 amide bonds. The highest BCUT2D eigenvalue weighted by Gasteiger charge is 2.14. The third-order valence-corrected chi connectivity index (χ3v) is 2.84. The van der Waals surface area contributed by atoms with Crippen molar-refractivity contribution < 1.29 is 0 Å². The zero-order valence-electron chi connectivity index (χ0n) is 8.47. The van der Waals surface area contributed by atoms with Crippen molar-refractivity contribution in [2.24, 2.45) is 5.92 Å². The van der Waals surface area contributed by atoms with E-state index in [4.69, 9.17) is 0 Å². The van der Waals surface area contributed by atoms with Crippen molar-refractivity contribution in [2.75, 3.05) is 0 Å². The van der Waals surface area contributed by atoms with Crippen LogP contribution in [-0.2, 0) is 6.42 Å². The van der Waals surface area contributed by atoms with Gasteiger partial charge in [0.2, 0.25) is 0 Å². The van der Waals surface area contributed by atoms with Gasteiger partial charge in [0.1, 0.15) is 0 Å². The largest absolute Gasteiger partial charge is 0.323 e. The molecule has 3 nitrogen and oxygen atoms in total. The summed E-state index contributed by atoms with van der Waals surface area (Å²) >= 11 is 0. The molecule has 2 N–H and O–H groups in total. The number of hydrogen-bond donors (Lipinski definition) is 2. The summed E-state index contributed by atoms with van der Waals surface area (Å²) in [5.41, 5.74) is 2.43. The summed E-state index contributed by atoms with van der Waals surface area (Å²) in [7, 11) is 0. The van der Waals surface area contributed by atoms with Crippen LogP contribution in [0.15, 0.2) is 22.6 Å². The summed E-state index contributed by atoms with van der Waals surface area (Å²) in [5.74, 6) is 0.700. The van der Waals surface area contributed by atoms with E-state index in [1.54, 1.807) is 6.20 Å². The third-order valence-electron chi connectivity index (χ3n) is 2.84. The van der Waals surface area contributed by atoms with Gasteiger partial charge in [0, 0.05) is 11.9 Å². The summed E-state index contributed by atoms with van der Waals surface area (Å²) in [6.07, 6.45) is 8.69. The number of imidazole rings is 1. The van der Waals surface area contributed by atoms with Gasteiger partial charge < -0.3 is 9.97 Å². The molecule has 0 aromatic carbocycles. The molecule has 1 aliphatic carbocycles. The normalized spacial score (nSPS) is 22.1. The molecule has 1 aromatic heterocycles. The van der Waals surface area contributed by atoms with E-state index >= 15 is 0 Å². The number of aromatic amines is 2. The second kappa shape index (κ2) is 3.86. The Balaban J connectivity index is 1.98. The zero-order chi connectivity index (χ0) is 9.97. The van der Waals surface area contributed by atoms with E-state index in [1.807, 2.05) is 0 Å². The Morgan fingerprint density at radius 1 is 1.57 bits per heavy atom. The van der Waals surface area contributed by atoms with E-state index in [2.05, 4.69) is 23.0 Å². The Morgan fingerprint density at radius 2 is 2.43 bits per heavy atom. The number of allylic oxidation sites excluding steroid dienone is 2. The molecule has 0 bridgehead atoms. The van der Waals surface area contributed by atoms with E-state index in [0.717, 1.165) is 12.1 Å². The molecule has 0 fully saturated rings. The Morgan fingerprint density at radius 3 is 3.07 bits per heavy atom. The van der Waals surface area contributed by atoms with Crippen LogP contribution in [0.1, 0.15) is 31.9 Å². The zero-order valence-corrected chi connectivity index (χ0v) is 8.47. The Labute approximate surface area is 83.2 Å². The van der Waals surface area contributed by atoms with Crippen LogP contribution in [0.25, 0.3) is 0 Å². The van der Waals surface area contributed by atoms with Crippen molar-refractivity contribution in [2.45, 2.75) is 32.6 Å². The molecule has 0 aliphatic heterocycles. The predicted molar refractivity (Wildman–Crippen MR) is 56.2 cm³/mol. The molecule has 1 unspecified atom stereocenters. The Hall–Kier alpha value is -1.25. The molecule has 0 radical (unpaired) electrons. The molecule has 76 valence electrons. The fourth-order valence-electron chi connectivity index (χ4n) is 2.17. The first-order valence-electron chi connectivity index (χ1n) is 5.16. The van der Waals surface area contributed by atoms with Crippen molar-refractivity contribution in [1.29, 1.82) is 0 Å². The molecule has 1 aliphatic rings. The second-order valence-corrected chi connectivity index (χ2v) is 4.17. The summed E-state index contributed by atoms with van der Waals surface area (Å²) in [6.45, 7) is 2.19. The number of aromatic nitrogens is 2. The smallest absolute Gasteiger partial charge is 0.313 e. The first-order chi connectivity index (χ1) is 6.74. The highest BCUT2D eigenvalue weighted by atomic mass is 16.1. The molecule has 1 atom stereocenters. The van der Waals surface area contributed by atoms with Gasteiger partial charge in [0.15, 0.2) is 0 Å². The van der Waals surface area contributed by atoms with Crippen molar-refractivity contribution in [3.05, 3.63) is 34.0 Å². The standard InChI is InChI=1S/C11H16N2O/c1-8-3-2-4-9(5-8)6-10-7-12-11(14)13-10/h3,7,9H,2,4-6H2,1H3,(H2,12,13,14). The van der Waals surface area contributed by atoms with Gasteiger partial charge in [0.25, 0.3) is 0 Å². The van der Waals surface area contributed by atoms with Crippen molar-refractivity contribution >= 4 is 0 Å². The van der Waals surface area contributed by atoms with Crippen molar-refractivity contribution in [1.82, 2.24) is 9.97 Å². The van der Waals surface area contributed by atoms with E-state index in [0.29, 0.717) is 5.92 Å². The molecule has 1 aromatic rings. The number of H-pyrrole nitrogens is 2. The van der Waals surface area contributed by atoms with Crippen LogP contribution in [-0.4, -0.2) is 9.97 Å². The lowest BCUT2D eigenvalue weighted by atomic mass is 9.86. The highest BCUT2D eigenvalue weighted by Crippen LogP contribution is 2.25. The van der Waals surface area contributed by atoms with Crippen LogP contribution in [0.2, 0.25) is 0 Å². The van der Waals surface area contributed by atoms with Gasteiger partial charge in [-0.05, 0) is 38.5 Å². The monoisotopic (exact) mass is 192 g/mol. The van der Waals surface area contributed by atoms with Crippen LogP contribution in [0.3, 0.4) is 0 Å². The van der Waals surface area contributed by atoms with Crippen LogP contribution < -0.4 is 5.69 Å². The number of rotatable bonds is 2. The Kier molecular flexibility index (Phi) is 2.57. The van der Waals surface area contributed by atoms with Crippen LogP contribution in [0.5, 0.6) is 0 Å². The van der Waals surface area contributed by atoms with Gasteiger partial charge in [-0.1, -0.05) is 11.6 Å². The third kappa shape index (κ3) is 2.16. The molecule has 0 saturated heterocycles. The number of nitrogens with one attached hydrogen (secondary N) is 2.